The van der Waals surface area contributed by atoms with Gasteiger partial charge in [0.25, 0.3) is 11.1 Å². The third kappa shape index (κ3) is 3.65. The second kappa shape index (κ2) is 7.14. The van der Waals surface area contributed by atoms with Gasteiger partial charge in [-0.1, -0.05) is 23.9 Å². The van der Waals surface area contributed by atoms with Crippen LogP contribution in [0.2, 0.25) is 0 Å². The molecule has 3 rings (SSSR count). The average Bonchev–Trinajstić information content (AvgIpc) is 3.18. The number of nitrogens with zero attached hydrogens (tertiary/aromatic N) is 3. The normalized spacial score (nSPS) is 10.8. The van der Waals surface area contributed by atoms with Crippen molar-refractivity contribution >= 4 is 29.1 Å². The summed E-state index contributed by atoms with van der Waals surface area (Å²) in [6.07, 6.45) is 0. The van der Waals surface area contributed by atoms with E-state index < -0.39 is 0 Å². The molecule has 0 aliphatic carbocycles. The fraction of sp³-hybridized carbons (Fsp3) is 0.250. The molecule has 1 aromatic carbocycles. The van der Waals surface area contributed by atoms with Crippen LogP contribution in [0.25, 0.3) is 10.8 Å². The highest BCUT2D eigenvalue weighted by atomic mass is 32.2. The molecule has 8 heteroatoms. The number of carbonyl (C=O) groups excluding carboxylic acids is 1. The van der Waals surface area contributed by atoms with Crippen LogP contribution in [0.5, 0.6) is 0 Å². The van der Waals surface area contributed by atoms with Crippen molar-refractivity contribution in [2.45, 2.75) is 24.8 Å². The molecule has 124 valence electrons. The number of aryl methyl sites for hydroxylation is 2. The molecular formula is C16H15N3O3S2. The fourth-order valence-corrected chi connectivity index (χ4v) is 3.65. The van der Waals surface area contributed by atoms with E-state index in [0.717, 1.165) is 21.1 Å². The van der Waals surface area contributed by atoms with Crippen LogP contribution in [0, 0.1) is 13.8 Å². The first kappa shape index (κ1) is 16.7. The summed E-state index contributed by atoms with van der Waals surface area (Å²) in [5.41, 5.74) is 2.48. The van der Waals surface area contributed by atoms with Gasteiger partial charge in [0.15, 0.2) is 0 Å². The first-order valence-corrected chi connectivity index (χ1v) is 8.95. The lowest BCUT2D eigenvalue weighted by Gasteiger charge is -2.01. The Morgan fingerprint density at radius 1 is 1.25 bits per heavy atom. The van der Waals surface area contributed by atoms with Gasteiger partial charge in [-0.15, -0.1) is 21.5 Å². The Kier molecular flexibility index (Phi) is 4.96. The number of carbonyl (C=O) groups is 1. The van der Waals surface area contributed by atoms with E-state index in [9.17, 15) is 4.79 Å². The maximum Gasteiger partial charge on any atom is 0.337 e. The Labute approximate surface area is 147 Å². The number of hydrogen-bond acceptors (Lipinski definition) is 8. The van der Waals surface area contributed by atoms with Crippen molar-refractivity contribution in [3.63, 3.8) is 0 Å². The smallest absolute Gasteiger partial charge is 0.337 e. The minimum atomic E-state index is -0.342. The van der Waals surface area contributed by atoms with Crippen LogP contribution in [-0.2, 0) is 10.5 Å². The van der Waals surface area contributed by atoms with Crippen LogP contribution in [0.4, 0.5) is 0 Å². The number of rotatable bonds is 5. The zero-order valence-electron chi connectivity index (χ0n) is 13.4. The Morgan fingerprint density at radius 2 is 2.00 bits per heavy atom. The lowest BCUT2D eigenvalue weighted by atomic mass is 10.1. The predicted octanol–water partition coefficient (Wildman–Crippen LogP) is 3.89. The van der Waals surface area contributed by atoms with E-state index in [4.69, 9.17) is 4.42 Å². The molecule has 0 bridgehead atoms. The maximum absolute atomic E-state index is 11.4. The van der Waals surface area contributed by atoms with Crippen molar-refractivity contribution in [1.29, 1.82) is 0 Å². The molecule has 2 aromatic heterocycles. The van der Waals surface area contributed by atoms with Crippen LogP contribution < -0.4 is 0 Å². The first-order valence-electron chi connectivity index (χ1n) is 7.15. The topological polar surface area (TPSA) is 78.1 Å². The Hall–Kier alpha value is -2.19. The third-order valence-electron chi connectivity index (χ3n) is 3.24. The molecule has 0 saturated heterocycles. The van der Waals surface area contributed by atoms with Gasteiger partial charge in [-0.2, -0.15) is 0 Å². The number of hydrogen-bond donors (Lipinski definition) is 0. The van der Waals surface area contributed by atoms with Crippen molar-refractivity contribution in [3.05, 3.63) is 46.1 Å². The van der Waals surface area contributed by atoms with E-state index in [-0.39, 0.29) is 5.97 Å². The number of thiazole rings is 1. The second-order valence-corrected chi connectivity index (χ2v) is 7.13. The lowest BCUT2D eigenvalue weighted by molar-refractivity contribution is 0.0600. The van der Waals surface area contributed by atoms with Gasteiger partial charge in [0.2, 0.25) is 0 Å². The molecule has 0 saturated carbocycles. The monoisotopic (exact) mass is 361 g/mol. The van der Waals surface area contributed by atoms with Crippen molar-refractivity contribution in [1.82, 2.24) is 15.2 Å². The van der Waals surface area contributed by atoms with Gasteiger partial charge in [0.1, 0.15) is 4.88 Å². The van der Waals surface area contributed by atoms with Crippen LogP contribution >= 0.6 is 23.1 Å². The standard InChI is InChI=1S/C16H15N3O3S2/c1-9-13(24-10(2)17-9)14-18-19-16(22-14)23-8-11-4-6-12(7-5-11)15(20)21-3/h4-7H,8H2,1-3H3. The summed E-state index contributed by atoms with van der Waals surface area (Å²) in [7, 11) is 1.37. The quantitative estimate of drug-likeness (QED) is 0.504. The molecule has 0 radical (unpaired) electrons. The minimum Gasteiger partial charge on any atom is -0.465 e. The van der Waals surface area contributed by atoms with E-state index in [1.165, 1.54) is 18.9 Å². The molecule has 0 spiro atoms. The number of esters is 1. The second-order valence-electron chi connectivity index (χ2n) is 5.00. The number of benzene rings is 1. The first-order chi connectivity index (χ1) is 11.6. The third-order valence-corrected chi connectivity index (χ3v) is 5.19. The molecule has 0 unspecified atom stereocenters. The van der Waals surface area contributed by atoms with Crippen LogP contribution in [-0.4, -0.2) is 28.3 Å². The average molecular weight is 361 g/mol. The number of aromatic nitrogens is 3. The van der Waals surface area contributed by atoms with Crippen molar-refractivity contribution in [2.75, 3.05) is 7.11 Å². The van der Waals surface area contributed by atoms with Gasteiger partial charge < -0.3 is 9.15 Å². The molecule has 0 amide bonds. The molecule has 0 fully saturated rings. The summed E-state index contributed by atoms with van der Waals surface area (Å²) in [4.78, 5) is 16.7. The van der Waals surface area contributed by atoms with Gasteiger partial charge in [-0.25, -0.2) is 9.78 Å². The van der Waals surface area contributed by atoms with Gasteiger partial charge in [0, 0.05) is 5.75 Å². The zero-order valence-corrected chi connectivity index (χ0v) is 15.0. The van der Waals surface area contributed by atoms with E-state index in [1.807, 2.05) is 26.0 Å². The van der Waals surface area contributed by atoms with E-state index in [1.54, 1.807) is 23.5 Å². The summed E-state index contributed by atoms with van der Waals surface area (Å²) in [6.45, 7) is 3.88. The SMILES string of the molecule is COC(=O)c1ccc(CSc2nnc(-c3sc(C)nc3C)o2)cc1. The molecule has 3 aromatic rings. The lowest BCUT2D eigenvalue weighted by Crippen LogP contribution is -2.00. The molecule has 0 atom stereocenters. The Morgan fingerprint density at radius 3 is 2.62 bits per heavy atom. The molecule has 0 N–H and O–H groups in total. The summed E-state index contributed by atoms with van der Waals surface area (Å²) in [5.74, 6) is 0.830. The van der Waals surface area contributed by atoms with Gasteiger partial charge >= 0.3 is 5.97 Å². The zero-order chi connectivity index (χ0) is 17.1. The van der Waals surface area contributed by atoms with Crippen LogP contribution in [0.1, 0.15) is 26.6 Å². The molecule has 6 nitrogen and oxygen atoms in total. The minimum absolute atomic E-state index is 0.342. The fourth-order valence-electron chi connectivity index (χ4n) is 2.09. The predicted molar refractivity (Wildman–Crippen MR) is 92.2 cm³/mol. The van der Waals surface area contributed by atoms with Crippen LogP contribution in [0.15, 0.2) is 33.9 Å². The van der Waals surface area contributed by atoms with E-state index in [0.29, 0.717) is 22.4 Å². The van der Waals surface area contributed by atoms with Crippen molar-refractivity contribution in [3.8, 4) is 10.8 Å². The summed E-state index contributed by atoms with van der Waals surface area (Å²) < 4.78 is 10.4. The molecule has 24 heavy (non-hydrogen) atoms. The van der Waals surface area contributed by atoms with Crippen molar-refractivity contribution < 1.29 is 13.9 Å². The van der Waals surface area contributed by atoms with Gasteiger partial charge in [-0.3, -0.25) is 0 Å². The molecule has 2 heterocycles. The maximum atomic E-state index is 11.4. The highest BCUT2D eigenvalue weighted by Gasteiger charge is 2.15. The van der Waals surface area contributed by atoms with E-state index >= 15 is 0 Å². The van der Waals surface area contributed by atoms with Gasteiger partial charge in [-0.05, 0) is 31.5 Å². The number of methoxy groups -OCH3 is 1. The van der Waals surface area contributed by atoms with E-state index in [2.05, 4.69) is 19.9 Å². The number of ether oxygens (including phenoxy) is 1. The van der Waals surface area contributed by atoms with Gasteiger partial charge in [0.05, 0.1) is 23.4 Å². The number of thioether (sulfide) groups is 1. The summed E-state index contributed by atoms with van der Waals surface area (Å²) in [5, 5.41) is 9.64. The summed E-state index contributed by atoms with van der Waals surface area (Å²) in [6, 6.07) is 7.25. The Balaban J connectivity index is 1.65. The molecule has 0 aliphatic heterocycles. The largest absolute Gasteiger partial charge is 0.465 e. The molecular weight excluding hydrogens is 346 g/mol. The van der Waals surface area contributed by atoms with Crippen LogP contribution in [0.3, 0.4) is 0 Å². The summed E-state index contributed by atoms with van der Waals surface area (Å²) >= 11 is 2.99. The highest BCUT2D eigenvalue weighted by Crippen LogP contribution is 2.31. The Bertz CT molecular complexity index is 856. The molecule has 0 aliphatic rings. The highest BCUT2D eigenvalue weighted by molar-refractivity contribution is 7.98. The van der Waals surface area contributed by atoms with Crippen molar-refractivity contribution in [2.24, 2.45) is 0 Å².